The first-order valence-electron chi connectivity index (χ1n) is 9.37. The molecule has 0 aliphatic carbocycles. The number of allylic oxidation sites excluding steroid dienone is 1. The van der Waals surface area contributed by atoms with Crippen molar-refractivity contribution in [2.45, 2.75) is 12.5 Å². The Morgan fingerprint density at radius 1 is 1.17 bits per heavy atom. The van der Waals surface area contributed by atoms with Crippen LogP contribution < -0.4 is 11.5 Å². The number of aliphatic imine (C=N–C) groups is 1. The largest absolute Gasteiger partial charge is 0.404 e. The molecule has 0 saturated carbocycles. The van der Waals surface area contributed by atoms with Crippen molar-refractivity contribution < 1.29 is 4.79 Å². The second-order valence-electron chi connectivity index (χ2n) is 6.87. The monoisotopic (exact) mass is 387 g/mol. The third-order valence-corrected chi connectivity index (χ3v) is 4.99. The Balaban J connectivity index is 1.88. The molecule has 1 amide bonds. The van der Waals surface area contributed by atoms with Crippen LogP contribution in [0.1, 0.15) is 22.6 Å². The predicted molar refractivity (Wildman–Crippen MR) is 117 cm³/mol. The molecule has 1 aliphatic rings. The highest BCUT2D eigenvalue weighted by Gasteiger charge is 2.30. The molecule has 0 fully saturated rings. The third kappa shape index (κ3) is 4.43. The first-order chi connectivity index (χ1) is 14.0. The van der Waals surface area contributed by atoms with E-state index in [-0.39, 0.29) is 23.2 Å². The topological polar surface area (TPSA) is 109 Å². The molecule has 2 aromatic carbocycles. The maximum Gasteiger partial charge on any atom is 0.270 e. The normalized spacial score (nSPS) is 17.3. The first kappa shape index (κ1) is 20.1. The van der Waals surface area contributed by atoms with Gasteiger partial charge in [0.15, 0.2) is 0 Å². The van der Waals surface area contributed by atoms with Gasteiger partial charge >= 0.3 is 0 Å². The fourth-order valence-corrected chi connectivity index (χ4v) is 3.55. The number of carbonyl (C=O) groups is 1. The number of carbonyl (C=O) groups excluding carboxylic acids is 1. The summed E-state index contributed by atoms with van der Waals surface area (Å²) in [6, 6.07) is 17.2. The van der Waals surface area contributed by atoms with Crippen LogP contribution in [0, 0.1) is 5.41 Å². The molecule has 0 spiro atoms. The van der Waals surface area contributed by atoms with Gasteiger partial charge < -0.3 is 21.8 Å². The molecule has 6 nitrogen and oxygen atoms in total. The summed E-state index contributed by atoms with van der Waals surface area (Å²) in [6.07, 6.45) is 4.67. The molecular weight excluding hydrogens is 362 g/mol. The van der Waals surface area contributed by atoms with E-state index in [1.165, 1.54) is 12.3 Å². The van der Waals surface area contributed by atoms with Crippen LogP contribution in [-0.4, -0.2) is 36.3 Å². The summed E-state index contributed by atoms with van der Waals surface area (Å²) in [6.45, 7) is 0.901. The standard InChI is InChI=1S/C23H25N5O/c1-27-13-18(12-24)20-15-28(14-17-9-5-6-10-19(17)20)23(29)22(26)11-21(25)16-7-3-2-4-8-16/h2-13,20,25H,14-15,24,26H2,1H3/b18-12?,22-11-,25-21?,27-13?/t20-/m1/s1. The molecule has 0 saturated heterocycles. The molecule has 0 aromatic heterocycles. The van der Waals surface area contributed by atoms with Crippen molar-refractivity contribution in [3.63, 3.8) is 0 Å². The number of nitrogens with one attached hydrogen (secondary N) is 1. The van der Waals surface area contributed by atoms with Gasteiger partial charge in [-0.2, -0.15) is 0 Å². The highest BCUT2D eigenvalue weighted by atomic mass is 16.2. The Hall–Kier alpha value is -3.67. The maximum atomic E-state index is 13.0. The lowest BCUT2D eigenvalue weighted by Gasteiger charge is -2.35. The van der Waals surface area contributed by atoms with E-state index in [0.29, 0.717) is 18.7 Å². The number of hydrogen-bond donors (Lipinski definition) is 3. The molecule has 1 heterocycles. The SMILES string of the molecule is CN=CC(=CN)[C@H]1CN(C(=O)/C(N)=C/C(=N)c2ccccc2)Cc2ccccc21. The molecule has 2 aromatic rings. The Bertz CT molecular complexity index is 991. The number of amides is 1. The van der Waals surface area contributed by atoms with E-state index >= 15 is 0 Å². The van der Waals surface area contributed by atoms with E-state index in [1.807, 2.05) is 48.5 Å². The molecule has 29 heavy (non-hydrogen) atoms. The second-order valence-corrected chi connectivity index (χ2v) is 6.87. The summed E-state index contributed by atoms with van der Waals surface area (Å²) >= 11 is 0. The van der Waals surface area contributed by atoms with E-state index in [2.05, 4.69) is 11.1 Å². The number of fused-ring (bicyclic) bond motifs is 1. The van der Waals surface area contributed by atoms with E-state index < -0.39 is 0 Å². The highest BCUT2D eigenvalue weighted by molar-refractivity contribution is 6.10. The minimum Gasteiger partial charge on any atom is -0.404 e. The van der Waals surface area contributed by atoms with Crippen molar-refractivity contribution in [3.8, 4) is 0 Å². The molecule has 1 aliphatic heterocycles. The van der Waals surface area contributed by atoms with Gasteiger partial charge in [0.2, 0.25) is 0 Å². The Morgan fingerprint density at radius 3 is 2.55 bits per heavy atom. The van der Waals surface area contributed by atoms with E-state index in [0.717, 1.165) is 16.7 Å². The van der Waals surface area contributed by atoms with Crippen LogP contribution in [0.3, 0.4) is 0 Å². The van der Waals surface area contributed by atoms with E-state index in [4.69, 9.17) is 16.9 Å². The summed E-state index contributed by atoms with van der Waals surface area (Å²) in [5.74, 6) is -0.381. The molecule has 5 N–H and O–H groups in total. The molecule has 148 valence electrons. The summed E-state index contributed by atoms with van der Waals surface area (Å²) < 4.78 is 0. The van der Waals surface area contributed by atoms with Crippen molar-refractivity contribution in [3.05, 3.63) is 94.8 Å². The van der Waals surface area contributed by atoms with Crippen LogP contribution in [0.4, 0.5) is 0 Å². The van der Waals surface area contributed by atoms with Crippen LogP contribution in [0.5, 0.6) is 0 Å². The van der Waals surface area contributed by atoms with Crippen LogP contribution in [0.15, 0.2) is 83.1 Å². The molecule has 0 radical (unpaired) electrons. The van der Waals surface area contributed by atoms with Gasteiger partial charge in [0, 0.05) is 32.3 Å². The van der Waals surface area contributed by atoms with Gasteiger partial charge in [0.1, 0.15) is 0 Å². The maximum absolute atomic E-state index is 13.0. The lowest BCUT2D eigenvalue weighted by molar-refractivity contribution is -0.128. The zero-order valence-electron chi connectivity index (χ0n) is 16.4. The van der Waals surface area contributed by atoms with Crippen molar-refractivity contribution >= 4 is 17.8 Å². The molecule has 0 bridgehead atoms. The molecule has 6 heteroatoms. The quantitative estimate of drug-likeness (QED) is 0.542. The fraction of sp³-hybridized carbons (Fsp3) is 0.174. The van der Waals surface area contributed by atoms with Gasteiger partial charge in [-0.15, -0.1) is 0 Å². The Labute approximate surface area is 170 Å². The van der Waals surface area contributed by atoms with E-state index in [9.17, 15) is 4.79 Å². The smallest absolute Gasteiger partial charge is 0.270 e. The van der Waals surface area contributed by atoms with Gasteiger partial charge in [-0.1, -0.05) is 54.6 Å². The zero-order chi connectivity index (χ0) is 20.8. The van der Waals surface area contributed by atoms with Crippen molar-refractivity contribution in [2.24, 2.45) is 16.5 Å². The molecular formula is C23H25N5O. The minimum atomic E-state index is -0.296. The van der Waals surface area contributed by atoms with Gasteiger partial charge in [-0.05, 0) is 34.5 Å². The predicted octanol–water partition coefficient (Wildman–Crippen LogP) is 2.57. The summed E-state index contributed by atoms with van der Waals surface area (Å²) in [4.78, 5) is 18.8. The van der Waals surface area contributed by atoms with Crippen molar-refractivity contribution in [1.82, 2.24) is 4.90 Å². The summed E-state index contributed by atoms with van der Waals surface area (Å²) in [5, 5.41) is 8.21. The van der Waals surface area contributed by atoms with E-state index in [1.54, 1.807) is 18.2 Å². The summed E-state index contributed by atoms with van der Waals surface area (Å²) in [7, 11) is 1.69. The lowest BCUT2D eigenvalue weighted by Crippen LogP contribution is -2.41. The van der Waals surface area contributed by atoms with Gasteiger partial charge in [-0.25, -0.2) is 0 Å². The van der Waals surface area contributed by atoms with Crippen molar-refractivity contribution in [2.75, 3.05) is 13.6 Å². The number of nitrogens with zero attached hydrogens (tertiary/aromatic N) is 2. The minimum absolute atomic E-state index is 0.0411. The number of nitrogens with two attached hydrogens (primary N) is 2. The second kappa shape index (κ2) is 9.01. The molecule has 0 unspecified atom stereocenters. The number of benzene rings is 2. The highest BCUT2D eigenvalue weighted by Crippen LogP contribution is 2.33. The Morgan fingerprint density at radius 2 is 1.86 bits per heavy atom. The van der Waals surface area contributed by atoms with Crippen LogP contribution in [0.2, 0.25) is 0 Å². The molecule has 1 atom stereocenters. The van der Waals surface area contributed by atoms with Gasteiger partial charge in [-0.3, -0.25) is 9.79 Å². The third-order valence-electron chi connectivity index (χ3n) is 4.99. The summed E-state index contributed by atoms with van der Waals surface area (Å²) in [5.41, 5.74) is 15.9. The number of rotatable bonds is 5. The van der Waals surface area contributed by atoms with Crippen molar-refractivity contribution in [1.29, 1.82) is 5.41 Å². The number of hydrogen-bond acceptors (Lipinski definition) is 5. The first-order valence-corrected chi connectivity index (χ1v) is 9.37. The fourth-order valence-electron chi connectivity index (χ4n) is 3.55. The van der Waals surface area contributed by atoms with Gasteiger partial charge in [0.05, 0.1) is 11.4 Å². The molecule has 3 rings (SSSR count). The zero-order valence-corrected chi connectivity index (χ0v) is 16.4. The van der Waals surface area contributed by atoms with Crippen LogP contribution in [-0.2, 0) is 11.3 Å². The average Bonchev–Trinajstić information content (AvgIpc) is 2.76. The van der Waals surface area contributed by atoms with Crippen LogP contribution in [0.25, 0.3) is 0 Å². The Kier molecular flexibility index (Phi) is 6.24. The lowest BCUT2D eigenvalue weighted by atomic mass is 9.85. The average molecular weight is 387 g/mol. The van der Waals surface area contributed by atoms with Gasteiger partial charge in [0.25, 0.3) is 5.91 Å². The van der Waals surface area contributed by atoms with Crippen LogP contribution >= 0.6 is 0 Å².